The number of hydrogen-bond acceptors (Lipinski definition) is 2. The Morgan fingerprint density at radius 2 is 1.79 bits per heavy atom. The van der Waals surface area contributed by atoms with Gasteiger partial charge in [0.2, 0.25) is 0 Å². The van der Waals surface area contributed by atoms with Gasteiger partial charge in [0.1, 0.15) is 11.3 Å². The number of imidazole rings is 1. The number of rotatable bonds is 2. The summed E-state index contributed by atoms with van der Waals surface area (Å²) in [7, 11) is 0. The average molecular weight is 259 g/mol. The smallest absolute Gasteiger partial charge is 0.159 e. The van der Waals surface area contributed by atoms with E-state index in [-0.39, 0.29) is 5.41 Å². The zero-order valence-corrected chi connectivity index (χ0v) is 13.0. The van der Waals surface area contributed by atoms with Gasteiger partial charge in [-0.1, -0.05) is 41.5 Å². The molecular formula is C16H25N3. The van der Waals surface area contributed by atoms with Gasteiger partial charge in [0.25, 0.3) is 0 Å². The summed E-state index contributed by atoms with van der Waals surface area (Å²) in [4.78, 5) is 9.30. The average Bonchev–Trinajstić information content (AvgIpc) is 2.63. The van der Waals surface area contributed by atoms with E-state index < -0.39 is 0 Å². The highest BCUT2D eigenvalue weighted by molar-refractivity contribution is 5.71. The molecule has 2 heterocycles. The van der Waals surface area contributed by atoms with Crippen LogP contribution in [0.2, 0.25) is 0 Å². The molecule has 3 nitrogen and oxygen atoms in total. The molecule has 0 aromatic carbocycles. The molecule has 0 aliphatic rings. The normalized spacial score (nSPS) is 13.2. The molecule has 0 aliphatic heterocycles. The number of nitrogens with zero attached hydrogens (tertiary/aromatic N) is 3. The Morgan fingerprint density at radius 1 is 1.11 bits per heavy atom. The third kappa shape index (κ3) is 3.14. The Balaban J connectivity index is 2.49. The fraction of sp³-hybridized carbons (Fsp3) is 0.625. The Hall–Kier alpha value is -1.38. The molecule has 104 valence electrons. The molecule has 0 radical (unpaired) electrons. The van der Waals surface area contributed by atoms with Crippen LogP contribution < -0.4 is 0 Å². The first-order chi connectivity index (χ1) is 8.68. The van der Waals surface area contributed by atoms with Crippen LogP contribution in [-0.2, 0) is 12.0 Å². The summed E-state index contributed by atoms with van der Waals surface area (Å²) in [6, 6.07) is 4.00. The molecule has 0 spiro atoms. The second kappa shape index (κ2) is 4.62. The molecule has 2 rings (SSSR count). The van der Waals surface area contributed by atoms with Crippen molar-refractivity contribution in [1.29, 1.82) is 0 Å². The van der Waals surface area contributed by atoms with E-state index in [0.717, 1.165) is 30.0 Å². The minimum atomic E-state index is 0.0403. The van der Waals surface area contributed by atoms with Crippen LogP contribution in [0.5, 0.6) is 0 Å². The Kier molecular flexibility index (Phi) is 3.41. The molecule has 2 aromatic rings. The van der Waals surface area contributed by atoms with Gasteiger partial charge in [-0.25, -0.2) is 9.97 Å². The summed E-state index contributed by atoms with van der Waals surface area (Å²) in [6.45, 7) is 14.4. The highest BCUT2D eigenvalue weighted by Crippen LogP contribution is 2.27. The predicted molar refractivity (Wildman–Crippen MR) is 80.3 cm³/mol. The van der Waals surface area contributed by atoms with Crippen LogP contribution in [0.15, 0.2) is 18.3 Å². The number of pyridine rings is 1. The maximum Gasteiger partial charge on any atom is 0.159 e. The van der Waals surface area contributed by atoms with Crippen molar-refractivity contribution in [3.63, 3.8) is 0 Å². The second-order valence-corrected chi connectivity index (χ2v) is 7.49. The summed E-state index contributed by atoms with van der Waals surface area (Å²) < 4.78 is 2.29. The number of aromatic nitrogens is 3. The van der Waals surface area contributed by atoms with Crippen molar-refractivity contribution in [2.75, 3.05) is 0 Å². The molecule has 0 saturated carbocycles. The van der Waals surface area contributed by atoms with E-state index in [1.807, 2.05) is 18.3 Å². The zero-order chi connectivity index (χ0) is 14.3. The standard InChI is InChI=1S/C16H25N3/c1-15(2,3)9-11-19-13-12(8-7-10-17-13)18-14(19)16(4,5)6/h7-8,10H,9,11H2,1-6H3. The van der Waals surface area contributed by atoms with E-state index >= 15 is 0 Å². The maximum atomic E-state index is 4.79. The van der Waals surface area contributed by atoms with Crippen molar-refractivity contribution in [3.8, 4) is 0 Å². The minimum Gasteiger partial charge on any atom is -0.312 e. The van der Waals surface area contributed by atoms with Gasteiger partial charge in [-0.05, 0) is 24.0 Å². The first-order valence-corrected chi connectivity index (χ1v) is 7.00. The van der Waals surface area contributed by atoms with Crippen LogP contribution in [0, 0.1) is 5.41 Å². The van der Waals surface area contributed by atoms with Crippen molar-refractivity contribution < 1.29 is 0 Å². The predicted octanol–water partition coefficient (Wildman–Crippen LogP) is 4.17. The lowest BCUT2D eigenvalue weighted by atomic mass is 9.91. The van der Waals surface area contributed by atoms with E-state index in [0.29, 0.717) is 5.41 Å². The Morgan fingerprint density at radius 3 is 2.37 bits per heavy atom. The van der Waals surface area contributed by atoms with E-state index in [2.05, 4.69) is 51.1 Å². The first kappa shape index (κ1) is 14.0. The SMILES string of the molecule is CC(C)(C)CCn1c(C(C)(C)C)nc2cccnc21. The summed E-state index contributed by atoms with van der Waals surface area (Å²) in [6.07, 6.45) is 2.97. The van der Waals surface area contributed by atoms with Crippen molar-refractivity contribution in [2.45, 2.75) is 59.9 Å². The van der Waals surface area contributed by atoms with Gasteiger partial charge >= 0.3 is 0 Å². The monoisotopic (exact) mass is 259 g/mol. The van der Waals surface area contributed by atoms with E-state index in [9.17, 15) is 0 Å². The largest absolute Gasteiger partial charge is 0.312 e. The van der Waals surface area contributed by atoms with Gasteiger partial charge in [0, 0.05) is 18.2 Å². The van der Waals surface area contributed by atoms with Crippen molar-refractivity contribution >= 4 is 11.2 Å². The van der Waals surface area contributed by atoms with E-state index in [1.165, 1.54) is 0 Å². The Bertz CT molecular complexity index is 568. The third-order valence-electron chi connectivity index (χ3n) is 3.26. The summed E-state index contributed by atoms with van der Waals surface area (Å²) in [5, 5.41) is 0. The minimum absolute atomic E-state index is 0.0403. The molecule has 0 N–H and O–H groups in total. The van der Waals surface area contributed by atoms with Crippen LogP contribution in [0.1, 0.15) is 53.8 Å². The lowest BCUT2D eigenvalue weighted by Crippen LogP contribution is -2.21. The summed E-state index contributed by atoms with van der Waals surface area (Å²) >= 11 is 0. The van der Waals surface area contributed by atoms with Crippen LogP contribution in [-0.4, -0.2) is 14.5 Å². The van der Waals surface area contributed by atoms with Crippen molar-refractivity contribution in [1.82, 2.24) is 14.5 Å². The highest BCUT2D eigenvalue weighted by Gasteiger charge is 2.24. The number of fused-ring (bicyclic) bond motifs is 1. The van der Waals surface area contributed by atoms with Crippen LogP contribution in [0.3, 0.4) is 0 Å². The fourth-order valence-electron chi connectivity index (χ4n) is 2.19. The lowest BCUT2D eigenvalue weighted by molar-refractivity contribution is 0.343. The zero-order valence-electron chi connectivity index (χ0n) is 13.0. The number of aryl methyl sites for hydroxylation is 1. The van der Waals surface area contributed by atoms with E-state index in [4.69, 9.17) is 4.98 Å². The molecule has 19 heavy (non-hydrogen) atoms. The molecule has 0 saturated heterocycles. The maximum absolute atomic E-state index is 4.79. The second-order valence-electron chi connectivity index (χ2n) is 7.49. The summed E-state index contributed by atoms with van der Waals surface area (Å²) in [5.74, 6) is 1.13. The topological polar surface area (TPSA) is 30.7 Å². The summed E-state index contributed by atoms with van der Waals surface area (Å²) in [5.41, 5.74) is 2.37. The van der Waals surface area contributed by atoms with Gasteiger partial charge in [-0.2, -0.15) is 0 Å². The van der Waals surface area contributed by atoms with Gasteiger partial charge < -0.3 is 4.57 Å². The molecule has 0 fully saturated rings. The number of hydrogen-bond donors (Lipinski definition) is 0. The highest BCUT2D eigenvalue weighted by atomic mass is 15.1. The molecular weight excluding hydrogens is 234 g/mol. The van der Waals surface area contributed by atoms with Gasteiger partial charge in [0.05, 0.1) is 0 Å². The van der Waals surface area contributed by atoms with Gasteiger partial charge in [-0.15, -0.1) is 0 Å². The third-order valence-corrected chi connectivity index (χ3v) is 3.26. The Labute approximate surface area is 116 Å². The van der Waals surface area contributed by atoms with E-state index in [1.54, 1.807) is 0 Å². The fourth-order valence-corrected chi connectivity index (χ4v) is 2.19. The van der Waals surface area contributed by atoms with Gasteiger partial charge in [-0.3, -0.25) is 0 Å². The lowest BCUT2D eigenvalue weighted by Gasteiger charge is -2.23. The van der Waals surface area contributed by atoms with Crippen molar-refractivity contribution in [3.05, 3.63) is 24.2 Å². The van der Waals surface area contributed by atoms with Gasteiger partial charge in [0.15, 0.2) is 5.65 Å². The molecule has 0 aliphatic carbocycles. The molecule has 2 aromatic heterocycles. The molecule has 0 bridgehead atoms. The van der Waals surface area contributed by atoms with Crippen LogP contribution in [0.25, 0.3) is 11.2 Å². The molecule has 0 atom stereocenters. The first-order valence-electron chi connectivity index (χ1n) is 7.00. The van der Waals surface area contributed by atoms with Crippen LogP contribution in [0.4, 0.5) is 0 Å². The molecule has 0 unspecified atom stereocenters. The van der Waals surface area contributed by atoms with Crippen LogP contribution >= 0.6 is 0 Å². The molecule has 3 heteroatoms. The molecule has 0 amide bonds. The quantitative estimate of drug-likeness (QED) is 0.810. The van der Waals surface area contributed by atoms with Crippen molar-refractivity contribution in [2.24, 2.45) is 5.41 Å².